The van der Waals surface area contributed by atoms with Crippen LogP contribution in [-0.4, -0.2) is 24.5 Å². The van der Waals surface area contributed by atoms with Crippen LogP contribution in [0.4, 0.5) is 0 Å². The Kier molecular flexibility index (Phi) is 3.90. The van der Waals surface area contributed by atoms with E-state index in [4.69, 9.17) is 10.2 Å². The summed E-state index contributed by atoms with van der Waals surface area (Å²) in [5.74, 6) is 1.05. The van der Waals surface area contributed by atoms with Gasteiger partial charge in [-0.25, -0.2) is 0 Å². The van der Waals surface area contributed by atoms with Crippen LogP contribution in [-0.2, 0) is 6.54 Å². The second-order valence-electron chi connectivity index (χ2n) is 6.46. The molecule has 2 heterocycles. The largest absolute Gasteiger partial charge is 0.464 e. The Hall–Kier alpha value is -2.10. The number of para-hydroxylation sites is 1. The van der Waals surface area contributed by atoms with Crippen LogP contribution in [0, 0.1) is 5.92 Å². The molecule has 1 fully saturated rings. The maximum absolute atomic E-state index is 6.04. The van der Waals surface area contributed by atoms with Crippen LogP contribution in [0.2, 0.25) is 0 Å². The van der Waals surface area contributed by atoms with Crippen molar-refractivity contribution in [1.82, 2.24) is 4.90 Å². The first-order chi connectivity index (χ1) is 11.3. The van der Waals surface area contributed by atoms with E-state index in [1.807, 2.05) is 18.4 Å². The van der Waals surface area contributed by atoms with Crippen molar-refractivity contribution in [2.24, 2.45) is 11.7 Å². The van der Waals surface area contributed by atoms with E-state index in [1.54, 1.807) is 0 Å². The third kappa shape index (κ3) is 2.78. The lowest BCUT2D eigenvalue weighted by molar-refractivity contribution is 0.316. The second-order valence-corrected chi connectivity index (χ2v) is 6.46. The summed E-state index contributed by atoms with van der Waals surface area (Å²) in [7, 11) is 0. The Morgan fingerprint density at radius 2 is 1.78 bits per heavy atom. The first-order valence-corrected chi connectivity index (χ1v) is 8.27. The zero-order chi connectivity index (χ0) is 15.6. The zero-order valence-corrected chi connectivity index (χ0v) is 13.2. The molecule has 1 aliphatic heterocycles. The van der Waals surface area contributed by atoms with Gasteiger partial charge in [0.25, 0.3) is 0 Å². The highest BCUT2D eigenvalue weighted by molar-refractivity contribution is 5.80. The molecule has 2 aromatic carbocycles. The van der Waals surface area contributed by atoms with E-state index in [-0.39, 0.29) is 0 Å². The fourth-order valence-electron chi connectivity index (χ4n) is 3.80. The fraction of sp³-hybridized carbons (Fsp3) is 0.300. The van der Waals surface area contributed by atoms with Gasteiger partial charge in [0.2, 0.25) is 0 Å². The molecule has 0 aliphatic carbocycles. The molecule has 2 N–H and O–H groups in total. The second kappa shape index (κ2) is 6.19. The van der Waals surface area contributed by atoms with E-state index < -0.39 is 0 Å². The van der Waals surface area contributed by atoms with Crippen LogP contribution in [0.15, 0.2) is 65.3 Å². The van der Waals surface area contributed by atoms with Crippen molar-refractivity contribution in [3.63, 3.8) is 0 Å². The Morgan fingerprint density at radius 1 is 1.00 bits per heavy atom. The van der Waals surface area contributed by atoms with E-state index in [2.05, 4.69) is 47.4 Å². The van der Waals surface area contributed by atoms with Gasteiger partial charge < -0.3 is 10.2 Å². The summed E-state index contributed by atoms with van der Waals surface area (Å²) in [4.78, 5) is 2.51. The number of likely N-dealkylation sites (tertiary alicyclic amines) is 1. The Bertz CT molecular complexity index is 780. The van der Waals surface area contributed by atoms with Gasteiger partial charge in [0, 0.05) is 36.5 Å². The van der Waals surface area contributed by atoms with E-state index >= 15 is 0 Å². The van der Waals surface area contributed by atoms with Crippen LogP contribution in [0.5, 0.6) is 0 Å². The summed E-state index contributed by atoms with van der Waals surface area (Å²) in [5, 5.41) is 1.22. The molecule has 3 heteroatoms. The van der Waals surface area contributed by atoms with Crippen molar-refractivity contribution < 1.29 is 4.42 Å². The number of fused-ring (bicyclic) bond motifs is 1. The molecule has 3 nitrogen and oxygen atoms in total. The average Bonchev–Trinajstić information content (AvgIpc) is 3.20. The molecule has 0 radical (unpaired) electrons. The van der Waals surface area contributed by atoms with Gasteiger partial charge in [-0.3, -0.25) is 4.90 Å². The lowest BCUT2D eigenvalue weighted by Gasteiger charge is -2.16. The predicted molar refractivity (Wildman–Crippen MR) is 93.2 cm³/mol. The molecule has 4 rings (SSSR count). The lowest BCUT2D eigenvalue weighted by Crippen LogP contribution is -2.23. The van der Waals surface area contributed by atoms with Crippen LogP contribution in [0.25, 0.3) is 11.0 Å². The molecule has 1 aliphatic rings. The number of hydrogen-bond donors (Lipinski definition) is 1. The Balaban J connectivity index is 1.54. The molecular formula is C20H22N2O. The summed E-state index contributed by atoms with van der Waals surface area (Å²) >= 11 is 0. The first kappa shape index (κ1) is 14.5. The van der Waals surface area contributed by atoms with Crippen LogP contribution in [0.1, 0.15) is 17.0 Å². The van der Waals surface area contributed by atoms with Gasteiger partial charge in [-0.1, -0.05) is 48.5 Å². The highest BCUT2D eigenvalue weighted by Gasteiger charge is 2.33. The normalized spacial score (nSPS) is 22.0. The predicted octanol–water partition coefficient (Wildman–Crippen LogP) is 3.61. The summed E-state index contributed by atoms with van der Waals surface area (Å²) in [6, 6.07) is 19.0. The molecule has 1 aromatic heterocycles. The minimum absolute atomic E-state index is 0.524. The average molecular weight is 306 g/mol. The number of nitrogens with two attached hydrogens (primary N) is 1. The summed E-state index contributed by atoms with van der Waals surface area (Å²) in [6.45, 7) is 3.78. The Labute approximate surface area is 136 Å². The summed E-state index contributed by atoms with van der Waals surface area (Å²) < 4.78 is 5.67. The van der Waals surface area contributed by atoms with Gasteiger partial charge >= 0.3 is 0 Å². The molecular weight excluding hydrogens is 284 g/mol. The van der Waals surface area contributed by atoms with Crippen molar-refractivity contribution in [2.75, 3.05) is 19.6 Å². The molecule has 0 unspecified atom stereocenters. The third-order valence-electron chi connectivity index (χ3n) is 5.00. The maximum atomic E-state index is 6.04. The van der Waals surface area contributed by atoms with E-state index in [0.29, 0.717) is 11.8 Å². The molecule has 0 bridgehead atoms. The SMILES string of the molecule is NC[C@@H]1CN(Cc2coc3ccccc23)C[C@H]1c1ccccc1. The highest BCUT2D eigenvalue weighted by atomic mass is 16.3. The lowest BCUT2D eigenvalue weighted by atomic mass is 9.89. The van der Waals surface area contributed by atoms with Gasteiger partial charge in [-0.05, 0) is 24.1 Å². The van der Waals surface area contributed by atoms with Crippen molar-refractivity contribution in [2.45, 2.75) is 12.5 Å². The van der Waals surface area contributed by atoms with Gasteiger partial charge in [0.1, 0.15) is 5.58 Å². The third-order valence-corrected chi connectivity index (χ3v) is 5.00. The number of hydrogen-bond acceptors (Lipinski definition) is 3. The summed E-state index contributed by atoms with van der Waals surface area (Å²) in [5.41, 5.74) is 9.69. The minimum Gasteiger partial charge on any atom is -0.464 e. The van der Waals surface area contributed by atoms with Gasteiger partial charge in [-0.15, -0.1) is 0 Å². The van der Waals surface area contributed by atoms with E-state index in [0.717, 1.165) is 31.8 Å². The summed E-state index contributed by atoms with van der Waals surface area (Å²) in [6.07, 6.45) is 1.90. The molecule has 0 amide bonds. The van der Waals surface area contributed by atoms with Crippen LogP contribution < -0.4 is 5.73 Å². The molecule has 118 valence electrons. The quantitative estimate of drug-likeness (QED) is 0.800. The number of nitrogens with zero attached hydrogens (tertiary/aromatic N) is 1. The Morgan fingerprint density at radius 3 is 2.61 bits per heavy atom. The maximum Gasteiger partial charge on any atom is 0.134 e. The van der Waals surface area contributed by atoms with Gasteiger partial charge in [0.15, 0.2) is 0 Å². The number of benzene rings is 2. The standard InChI is InChI=1S/C20H22N2O/c21-10-16-11-22(13-19(16)15-6-2-1-3-7-15)12-17-14-23-20-9-5-4-8-18(17)20/h1-9,14,16,19H,10-13,21H2/t16-,19+/m1/s1. The van der Waals surface area contributed by atoms with Crippen molar-refractivity contribution in [3.05, 3.63) is 72.0 Å². The van der Waals surface area contributed by atoms with Gasteiger partial charge in [0.05, 0.1) is 6.26 Å². The van der Waals surface area contributed by atoms with E-state index in [1.165, 1.54) is 16.5 Å². The smallest absolute Gasteiger partial charge is 0.134 e. The monoisotopic (exact) mass is 306 g/mol. The van der Waals surface area contributed by atoms with Crippen LogP contribution >= 0.6 is 0 Å². The van der Waals surface area contributed by atoms with Gasteiger partial charge in [-0.2, -0.15) is 0 Å². The minimum atomic E-state index is 0.524. The van der Waals surface area contributed by atoms with E-state index in [9.17, 15) is 0 Å². The van der Waals surface area contributed by atoms with Crippen LogP contribution in [0.3, 0.4) is 0 Å². The van der Waals surface area contributed by atoms with Crippen molar-refractivity contribution in [1.29, 1.82) is 0 Å². The van der Waals surface area contributed by atoms with Crippen molar-refractivity contribution in [3.8, 4) is 0 Å². The molecule has 23 heavy (non-hydrogen) atoms. The number of rotatable bonds is 4. The first-order valence-electron chi connectivity index (χ1n) is 8.27. The number of furan rings is 1. The van der Waals surface area contributed by atoms with Crippen molar-refractivity contribution >= 4 is 11.0 Å². The molecule has 3 aromatic rings. The zero-order valence-electron chi connectivity index (χ0n) is 13.2. The fourth-order valence-corrected chi connectivity index (χ4v) is 3.80. The highest BCUT2D eigenvalue weighted by Crippen LogP contribution is 2.33. The molecule has 0 saturated carbocycles. The molecule has 1 saturated heterocycles. The molecule has 0 spiro atoms. The molecule has 2 atom stereocenters. The topological polar surface area (TPSA) is 42.4 Å².